The number of rotatable bonds is 10. The second-order valence-electron chi connectivity index (χ2n) is 10.8. The molecule has 0 amide bonds. The average molecular weight is 463 g/mol. The van der Waals surface area contributed by atoms with Crippen molar-refractivity contribution in [2.75, 3.05) is 7.11 Å². The Morgan fingerprint density at radius 2 is 1.65 bits per heavy atom. The van der Waals surface area contributed by atoms with Gasteiger partial charge in [0.05, 0.1) is 19.8 Å². The van der Waals surface area contributed by atoms with Gasteiger partial charge in [0.2, 0.25) is 0 Å². The van der Waals surface area contributed by atoms with E-state index in [0.29, 0.717) is 13.0 Å². The largest absolute Gasteiger partial charge is 0.497 e. The molecule has 0 radical (unpaired) electrons. The lowest BCUT2D eigenvalue weighted by atomic mass is 10.0. The van der Waals surface area contributed by atoms with E-state index in [0.717, 1.165) is 17.6 Å². The van der Waals surface area contributed by atoms with Gasteiger partial charge in [-0.1, -0.05) is 65.4 Å². The minimum absolute atomic E-state index is 0.0851. The molecule has 174 valence electrons. The number of hydrogen-bond donors (Lipinski definition) is 0. The van der Waals surface area contributed by atoms with E-state index in [4.69, 9.17) is 13.9 Å². The van der Waals surface area contributed by atoms with Crippen LogP contribution in [0, 0.1) is 17.4 Å². The van der Waals surface area contributed by atoms with Crippen LogP contribution in [0.3, 0.4) is 0 Å². The topological polar surface area (TPSA) is 44.8 Å². The van der Waals surface area contributed by atoms with Gasteiger partial charge < -0.3 is 18.7 Å². The van der Waals surface area contributed by atoms with Crippen molar-refractivity contribution in [2.45, 2.75) is 90.7 Å². The minimum Gasteiger partial charge on any atom is -0.497 e. The molecule has 1 aromatic carbocycles. The Morgan fingerprint density at radius 3 is 2.10 bits per heavy atom. The van der Waals surface area contributed by atoms with E-state index >= 15 is 0 Å². The summed E-state index contributed by atoms with van der Waals surface area (Å²) >= 11 is 0. The number of aldehydes is 1. The molecule has 1 rings (SSSR count). The van der Waals surface area contributed by atoms with E-state index in [1.807, 2.05) is 31.2 Å². The summed E-state index contributed by atoms with van der Waals surface area (Å²) < 4.78 is 18.1. The maximum Gasteiger partial charge on any atom is 0.193 e. The third-order valence-corrected chi connectivity index (χ3v) is 11.1. The number of carbonyl (C=O) groups is 1. The molecule has 1 aromatic rings. The number of carbonyl (C=O) groups excluding carboxylic acids is 1. The summed E-state index contributed by atoms with van der Waals surface area (Å²) in [5.41, 5.74) is 4.51. The van der Waals surface area contributed by atoms with E-state index < -0.39 is 16.4 Å². The summed E-state index contributed by atoms with van der Waals surface area (Å²) in [6, 6.07) is 7.80. The molecule has 0 unspecified atom stereocenters. The van der Waals surface area contributed by atoms with E-state index in [2.05, 4.69) is 65.0 Å². The van der Waals surface area contributed by atoms with Crippen LogP contribution >= 0.6 is 0 Å². The zero-order chi connectivity index (χ0) is 23.9. The second kappa shape index (κ2) is 11.5. The first-order valence-corrected chi connectivity index (χ1v) is 17.5. The fourth-order valence-electron chi connectivity index (χ4n) is 2.62. The van der Waals surface area contributed by atoms with Crippen LogP contribution < -0.4 is 4.74 Å². The van der Waals surface area contributed by atoms with Gasteiger partial charge in [-0.2, -0.15) is 0 Å². The molecule has 0 aliphatic heterocycles. The van der Waals surface area contributed by atoms with Crippen LogP contribution in [0.2, 0.25) is 37.8 Å². The van der Waals surface area contributed by atoms with Crippen molar-refractivity contribution in [1.82, 2.24) is 0 Å². The van der Waals surface area contributed by atoms with Crippen LogP contribution in [0.5, 0.6) is 5.75 Å². The highest BCUT2D eigenvalue weighted by molar-refractivity contribution is 6.83. The van der Waals surface area contributed by atoms with Gasteiger partial charge in [-0.15, -0.1) is 5.54 Å². The quantitative estimate of drug-likeness (QED) is 0.240. The summed E-state index contributed by atoms with van der Waals surface area (Å²) in [7, 11) is -1.92. The summed E-state index contributed by atoms with van der Waals surface area (Å²) in [6.45, 7) is 20.2. The first kappa shape index (κ1) is 27.6. The van der Waals surface area contributed by atoms with Crippen LogP contribution in [0.1, 0.15) is 39.7 Å². The molecule has 3 atom stereocenters. The number of hydrogen-bond acceptors (Lipinski definition) is 4. The fraction of sp³-hybridized carbons (Fsp3) is 0.640. The van der Waals surface area contributed by atoms with E-state index in [1.54, 1.807) is 7.11 Å². The smallest absolute Gasteiger partial charge is 0.193 e. The van der Waals surface area contributed by atoms with Gasteiger partial charge in [-0.25, -0.2) is 0 Å². The molecule has 0 fully saturated rings. The molecule has 0 heterocycles. The molecular weight excluding hydrogens is 420 g/mol. The normalized spacial score (nSPS) is 15.4. The lowest BCUT2D eigenvalue weighted by Gasteiger charge is -2.39. The summed E-state index contributed by atoms with van der Waals surface area (Å²) in [5, 5.41) is 0.0851. The van der Waals surface area contributed by atoms with Crippen LogP contribution in [0.15, 0.2) is 24.3 Å². The number of methoxy groups -OCH3 is 1. The number of benzene rings is 1. The third-order valence-electron chi connectivity index (χ3n) is 5.72. The molecule has 0 saturated heterocycles. The highest BCUT2D eigenvalue weighted by Gasteiger charge is 2.39. The Bertz CT molecular complexity index is 749. The van der Waals surface area contributed by atoms with Crippen molar-refractivity contribution in [3.63, 3.8) is 0 Å². The standard InChI is InChI=1S/C25H42O4Si2/c1-20(18-26)24(28-19-21-11-13-22(27-5)14-12-21)17-23(15-16-30(6,7)8)29-31(9,10)25(2,3)4/h11-14,18,20,23-24H,17,19H2,1-10H3/t20-,23+,24+/m0/s1. The Hall–Kier alpha value is -1.40. The zero-order valence-corrected chi connectivity index (χ0v) is 23.2. The average Bonchev–Trinajstić information content (AvgIpc) is 2.67. The van der Waals surface area contributed by atoms with E-state index in [1.165, 1.54) is 0 Å². The molecule has 4 nitrogen and oxygen atoms in total. The molecule has 0 N–H and O–H groups in total. The Morgan fingerprint density at radius 1 is 1.06 bits per heavy atom. The molecule has 0 bridgehead atoms. The summed E-state index contributed by atoms with van der Waals surface area (Å²) in [4.78, 5) is 11.6. The Kier molecular flexibility index (Phi) is 10.2. The maximum absolute atomic E-state index is 11.6. The highest BCUT2D eigenvalue weighted by atomic mass is 28.4. The first-order chi connectivity index (χ1) is 14.2. The molecule has 0 aliphatic carbocycles. The Labute approximate surface area is 192 Å². The van der Waals surface area contributed by atoms with Gasteiger partial charge >= 0.3 is 0 Å². The summed E-state index contributed by atoms with van der Waals surface area (Å²) in [6.07, 6.45) is 1.05. The first-order valence-electron chi connectivity index (χ1n) is 11.1. The fourth-order valence-corrected chi connectivity index (χ4v) is 4.44. The van der Waals surface area contributed by atoms with Gasteiger partial charge in [0, 0.05) is 12.3 Å². The minimum atomic E-state index is -2.02. The third kappa shape index (κ3) is 9.73. The monoisotopic (exact) mass is 462 g/mol. The molecule has 0 aromatic heterocycles. The van der Waals surface area contributed by atoms with Gasteiger partial charge in [-0.3, -0.25) is 0 Å². The molecule has 31 heavy (non-hydrogen) atoms. The molecule has 0 saturated carbocycles. The van der Waals surface area contributed by atoms with Crippen LogP contribution in [0.25, 0.3) is 0 Å². The SMILES string of the molecule is COc1ccc(CO[C@H](C[C@@H](C#C[Si](C)(C)C)O[Si](C)(C)C(C)(C)C)[C@@H](C)C=O)cc1. The predicted octanol–water partition coefficient (Wildman–Crippen LogP) is 6.08. The number of ether oxygens (including phenoxy) is 2. The van der Waals surface area contributed by atoms with Crippen molar-refractivity contribution in [3.05, 3.63) is 29.8 Å². The van der Waals surface area contributed by atoms with Gasteiger partial charge in [0.15, 0.2) is 8.32 Å². The molecular formula is C25H42O4Si2. The lowest BCUT2D eigenvalue weighted by molar-refractivity contribution is -0.116. The van der Waals surface area contributed by atoms with Gasteiger partial charge in [-0.05, 0) is 35.8 Å². The van der Waals surface area contributed by atoms with Crippen molar-refractivity contribution in [2.24, 2.45) is 5.92 Å². The van der Waals surface area contributed by atoms with Crippen LogP contribution in [-0.4, -0.2) is 42.0 Å². The van der Waals surface area contributed by atoms with Crippen molar-refractivity contribution in [3.8, 4) is 17.2 Å². The van der Waals surface area contributed by atoms with Gasteiger partial charge in [0.1, 0.15) is 26.2 Å². The second-order valence-corrected chi connectivity index (χ2v) is 20.3. The molecule has 6 heteroatoms. The maximum atomic E-state index is 11.6. The van der Waals surface area contributed by atoms with Gasteiger partial charge in [0.25, 0.3) is 0 Å². The van der Waals surface area contributed by atoms with Crippen LogP contribution in [0.4, 0.5) is 0 Å². The van der Waals surface area contributed by atoms with Crippen LogP contribution in [-0.2, 0) is 20.6 Å². The Balaban J connectivity index is 3.05. The van der Waals surface area contributed by atoms with Crippen molar-refractivity contribution >= 4 is 22.7 Å². The molecule has 0 spiro atoms. The zero-order valence-electron chi connectivity index (χ0n) is 21.2. The van der Waals surface area contributed by atoms with Crippen molar-refractivity contribution in [1.29, 1.82) is 0 Å². The van der Waals surface area contributed by atoms with E-state index in [9.17, 15) is 4.79 Å². The lowest BCUT2D eigenvalue weighted by Crippen LogP contribution is -2.45. The predicted molar refractivity (Wildman–Crippen MR) is 135 cm³/mol. The molecule has 0 aliphatic rings. The van der Waals surface area contributed by atoms with E-state index in [-0.39, 0.29) is 23.2 Å². The van der Waals surface area contributed by atoms with Crippen molar-refractivity contribution < 1.29 is 18.7 Å². The highest BCUT2D eigenvalue weighted by Crippen LogP contribution is 2.38. The summed E-state index contributed by atoms with van der Waals surface area (Å²) in [5.74, 6) is 4.00.